The molecule has 1 heterocycles. The van der Waals surface area contributed by atoms with Gasteiger partial charge in [0.2, 0.25) is 0 Å². The number of thioether (sulfide) groups is 1. The monoisotopic (exact) mass is 502 g/mol. The molecule has 0 spiro atoms. The first-order chi connectivity index (χ1) is 12.7. The molecule has 0 radical (unpaired) electrons. The number of aromatic nitrogens is 3. The lowest BCUT2D eigenvalue weighted by Gasteiger charge is -2.23. The van der Waals surface area contributed by atoms with Crippen molar-refractivity contribution in [2.24, 2.45) is 4.99 Å². The molecule has 0 fully saturated rings. The van der Waals surface area contributed by atoms with E-state index in [1.54, 1.807) is 6.33 Å². The molecule has 2 rings (SSSR count). The number of hydrogen-bond acceptors (Lipinski definition) is 4. The smallest absolute Gasteiger partial charge is 0.194 e. The van der Waals surface area contributed by atoms with Gasteiger partial charge in [0.1, 0.15) is 12.2 Å². The zero-order chi connectivity index (χ0) is 18.6. The molecule has 0 aliphatic heterocycles. The highest BCUT2D eigenvalue weighted by Crippen LogP contribution is 2.04. The van der Waals surface area contributed by atoms with E-state index in [0.29, 0.717) is 0 Å². The van der Waals surface area contributed by atoms with Crippen molar-refractivity contribution in [3.63, 3.8) is 0 Å². The van der Waals surface area contributed by atoms with Gasteiger partial charge in [0.05, 0.1) is 0 Å². The Bertz CT molecular complexity index is 661. The van der Waals surface area contributed by atoms with Crippen LogP contribution >= 0.6 is 35.7 Å². The Kier molecular flexibility index (Phi) is 12.2. The maximum Gasteiger partial charge on any atom is 0.194 e. The van der Waals surface area contributed by atoms with Crippen molar-refractivity contribution in [1.29, 1.82) is 0 Å². The van der Waals surface area contributed by atoms with E-state index >= 15 is 0 Å². The Balaban J connectivity index is 0.00000364. The van der Waals surface area contributed by atoms with Gasteiger partial charge < -0.3 is 14.8 Å². The van der Waals surface area contributed by atoms with Crippen molar-refractivity contribution in [1.82, 2.24) is 25.0 Å². The van der Waals surface area contributed by atoms with Crippen molar-refractivity contribution in [2.75, 3.05) is 32.1 Å². The molecule has 1 aromatic heterocycles. The topological polar surface area (TPSA) is 58.3 Å². The highest BCUT2D eigenvalue weighted by atomic mass is 127. The van der Waals surface area contributed by atoms with Gasteiger partial charge in [0.25, 0.3) is 0 Å². The summed E-state index contributed by atoms with van der Waals surface area (Å²) in [6.07, 6.45) is 5.92. The minimum atomic E-state index is 0. The number of aliphatic imine (C=N–C) groups is 1. The molecule has 8 heteroatoms. The van der Waals surface area contributed by atoms with E-state index < -0.39 is 0 Å². The zero-order valence-corrected chi connectivity index (χ0v) is 19.6. The minimum Gasteiger partial charge on any atom is -0.354 e. The lowest BCUT2D eigenvalue weighted by molar-refractivity contribution is 0.470. The standard InChI is InChI=1S/C19H30N6S.HI/c1-4-18-23-22-16-25(18)13-12-21-19(20-11-8-14-26-3)24(2)15-17-9-6-5-7-10-17;/h5-7,9-10,16H,4,8,11-15H2,1-3H3,(H,20,21);1H. The molecule has 0 unspecified atom stereocenters. The molecule has 27 heavy (non-hydrogen) atoms. The fraction of sp³-hybridized carbons (Fsp3) is 0.526. The molecule has 150 valence electrons. The first-order valence-electron chi connectivity index (χ1n) is 9.13. The van der Waals surface area contributed by atoms with Gasteiger partial charge >= 0.3 is 0 Å². The number of aryl methyl sites for hydroxylation is 1. The van der Waals surface area contributed by atoms with Gasteiger partial charge in [-0.2, -0.15) is 11.8 Å². The summed E-state index contributed by atoms with van der Waals surface area (Å²) in [6.45, 7) is 5.40. The molecule has 2 aromatic rings. The van der Waals surface area contributed by atoms with Crippen LogP contribution in [0.1, 0.15) is 24.7 Å². The first kappa shape index (κ1) is 23.7. The van der Waals surface area contributed by atoms with Gasteiger partial charge in [-0.05, 0) is 24.0 Å². The van der Waals surface area contributed by atoms with Crippen LogP contribution < -0.4 is 5.32 Å². The Hall–Kier alpha value is -1.29. The summed E-state index contributed by atoms with van der Waals surface area (Å²) in [4.78, 5) is 6.98. The van der Waals surface area contributed by atoms with Gasteiger partial charge in [0, 0.05) is 39.6 Å². The van der Waals surface area contributed by atoms with Crippen molar-refractivity contribution in [2.45, 2.75) is 32.9 Å². The van der Waals surface area contributed by atoms with Crippen LogP contribution in [-0.4, -0.2) is 57.8 Å². The maximum atomic E-state index is 4.80. The van der Waals surface area contributed by atoms with Crippen LogP contribution in [-0.2, 0) is 19.5 Å². The molecule has 6 nitrogen and oxygen atoms in total. The number of rotatable bonds is 10. The van der Waals surface area contributed by atoms with E-state index in [4.69, 9.17) is 4.99 Å². The number of hydrogen-bond donors (Lipinski definition) is 1. The summed E-state index contributed by atoms with van der Waals surface area (Å²) in [7, 11) is 2.09. The molecule has 0 saturated heterocycles. The van der Waals surface area contributed by atoms with E-state index in [0.717, 1.165) is 56.6 Å². The van der Waals surface area contributed by atoms with Gasteiger partial charge in [-0.3, -0.25) is 4.99 Å². The largest absolute Gasteiger partial charge is 0.354 e. The van der Waals surface area contributed by atoms with Crippen LogP contribution in [0.25, 0.3) is 0 Å². The van der Waals surface area contributed by atoms with Gasteiger partial charge in [-0.15, -0.1) is 34.2 Å². The quantitative estimate of drug-likeness (QED) is 0.234. The van der Waals surface area contributed by atoms with Crippen LogP contribution in [0, 0.1) is 0 Å². The number of nitrogens with zero attached hydrogens (tertiary/aromatic N) is 5. The molecule has 1 N–H and O–H groups in total. The summed E-state index contributed by atoms with van der Waals surface area (Å²) in [5.41, 5.74) is 1.28. The fourth-order valence-corrected chi connectivity index (χ4v) is 3.08. The summed E-state index contributed by atoms with van der Waals surface area (Å²) < 4.78 is 2.09. The zero-order valence-electron chi connectivity index (χ0n) is 16.5. The molecular weight excluding hydrogens is 471 g/mol. The highest BCUT2D eigenvalue weighted by molar-refractivity contribution is 14.0. The Morgan fingerprint density at radius 2 is 2.07 bits per heavy atom. The summed E-state index contributed by atoms with van der Waals surface area (Å²) in [6, 6.07) is 10.5. The van der Waals surface area contributed by atoms with Gasteiger partial charge in [0.15, 0.2) is 5.96 Å². The number of guanidine groups is 1. The summed E-state index contributed by atoms with van der Waals surface area (Å²) >= 11 is 1.86. The molecule has 0 aliphatic carbocycles. The number of nitrogens with one attached hydrogen (secondary N) is 1. The average molecular weight is 502 g/mol. The Labute approximate surface area is 184 Å². The van der Waals surface area contributed by atoms with Crippen molar-refractivity contribution < 1.29 is 0 Å². The predicted octanol–water partition coefficient (Wildman–Crippen LogP) is 3.29. The second-order valence-electron chi connectivity index (χ2n) is 6.11. The van der Waals surface area contributed by atoms with Crippen molar-refractivity contribution in [3.05, 3.63) is 48.0 Å². The van der Waals surface area contributed by atoms with E-state index in [1.165, 1.54) is 5.56 Å². The lowest BCUT2D eigenvalue weighted by atomic mass is 10.2. The van der Waals surface area contributed by atoms with Crippen molar-refractivity contribution >= 4 is 41.7 Å². The second kappa shape index (κ2) is 13.8. The fourth-order valence-electron chi connectivity index (χ4n) is 2.67. The van der Waals surface area contributed by atoms with Gasteiger partial charge in [-0.1, -0.05) is 37.3 Å². The van der Waals surface area contributed by atoms with Gasteiger partial charge in [-0.25, -0.2) is 0 Å². The van der Waals surface area contributed by atoms with Crippen molar-refractivity contribution in [3.8, 4) is 0 Å². The normalized spacial score (nSPS) is 11.1. The molecular formula is C19H31IN6S. The number of halogens is 1. The molecule has 0 atom stereocenters. The third kappa shape index (κ3) is 8.50. The average Bonchev–Trinajstić information content (AvgIpc) is 3.12. The summed E-state index contributed by atoms with van der Waals surface area (Å²) in [5.74, 6) is 3.10. The van der Waals surface area contributed by atoms with Crippen LogP contribution in [0.2, 0.25) is 0 Å². The van der Waals surface area contributed by atoms with E-state index in [9.17, 15) is 0 Å². The van der Waals surface area contributed by atoms with E-state index in [2.05, 4.69) is 69.5 Å². The first-order valence-corrected chi connectivity index (χ1v) is 10.5. The predicted molar refractivity (Wildman–Crippen MR) is 126 cm³/mol. The molecule has 0 bridgehead atoms. The van der Waals surface area contributed by atoms with Crippen LogP contribution in [0.15, 0.2) is 41.7 Å². The second-order valence-corrected chi connectivity index (χ2v) is 7.10. The van der Waals surface area contributed by atoms with Crippen LogP contribution in [0.5, 0.6) is 0 Å². The molecule has 0 amide bonds. The number of benzene rings is 1. The van der Waals surface area contributed by atoms with E-state index in [1.807, 2.05) is 17.8 Å². The SMILES string of the molecule is CCc1nncn1CCNC(=NCCCSC)N(C)Cc1ccccc1.I. The third-order valence-corrected chi connectivity index (χ3v) is 4.74. The van der Waals surface area contributed by atoms with Crippen LogP contribution in [0.3, 0.4) is 0 Å². The lowest BCUT2D eigenvalue weighted by Crippen LogP contribution is -2.40. The van der Waals surface area contributed by atoms with Crippen LogP contribution in [0.4, 0.5) is 0 Å². The molecule has 1 aromatic carbocycles. The molecule has 0 aliphatic rings. The molecule has 0 saturated carbocycles. The summed E-state index contributed by atoms with van der Waals surface area (Å²) in [5, 5.41) is 11.6. The minimum absolute atomic E-state index is 0. The third-order valence-electron chi connectivity index (χ3n) is 4.04. The maximum absolute atomic E-state index is 4.80. The Morgan fingerprint density at radius 1 is 1.30 bits per heavy atom. The highest BCUT2D eigenvalue weighted by Gasteiger charge is 2.08. The Morgan fingerprint density at radius 3 is 2.78 bits per heavy atom. The van der Waals surface area contributed by atoms with E-state index in [-0.39, 0.29) is 24.0 Å².